The molecule has 0 bridgehead atoms. The predicted molar refractivity (Wildman–Crippen MR) is 123 cm³/mol. The Hall–Kier alpha value is -1.13. The summed E-state index contributed by atoms with van der Waals surface area (Å²) in [6.45, 7) is 5.83. The van der Waals surface area contributed by atoms with E-state index in [1.165, 1.54) is 31.4 Å². The first-order valence-electron chi connectivity index (χ1n) is 9.33. The van der Waals surface area contributed by atoms with E-state index in [1.54, 1.807) is 12.1 Å². The van der Waals surface area contributed by atoms with Crippen LogP contribution < -0.4 is 4.74 Å². The van der Waals surface area contributed by atoms with Crippen molar-refractivity contribution in [1.29, 1.82) is 0 Å². The molecule has 0 aromatic heterocycles. The Bertz CT molecular complexity index is 1100. The molecule has 0 atom stereocenters. The Labute approximate surface area is 192 Å². The lowest BCUT2D eigenvalue weighted by atomic mass is 10.2. The highest BCUT2D eigenvalue weighted by atomic mass is 79.9. The maximum atomic E-state index is 13.0. The largest absolute Gasteiger partial charge is 0.495 e. The fourth-order valence-corrected chi connectivity index (χ4v) is 6.71. The van der Waals surface area contributed by atoms with Crippen LogP contribution in [0.5, 0.6) is 5.75 Å². The SMILES string of the molecule is CCN(CC)CCS(=O)(=O)c1cc(Cl)cc(CS(=O)(=O)c2cc(Br)ccc2OC)c1. The third kappa shape index (κ3) is 6.43. The molecular weight excluding hydrogens is 514 g/mol. The van der Waals surface area contributed by atoms with Gasteiger partial charge in [0.15, 0.2) is 19.7 Å². The van der Waals surface area contributed by atoms with Crippen LogP contribution in [0.3, 0.4) is 0 Å². The molecule has 0 heterocycles. The van der Waals surface area contributed by atoms with Crippen LogP contribution >= 0.6 is 27.5 Å². The Morgan fingerprint density at radius 1 is 1.00 bits per heavy atom. The molecule has 0 aliphatic carbocycles. The topological polar surface area (TPSA) is 80.8 Å². The summed E-state index contributed by atoms with van der Waals surface area (Å²) in [5.74, 6) is -0.258. The fraction of sp³-hybridized carbons (Fsp3) is 0.400. The molecule has 166 valence electrons. The van der Waals surface area contributed by atoms with Gasteiger partial charge in [-0.1, -0.05) is 41.4 Å². The Kier molecular flexibility index (Phi) is 8.76. The number of hydrogen-bond acceptors (Lipinski definition) is 6. The molecule has 0 spiro atoms. The third-order valence-electron chi connectivity index (χ3n) is 4.68. The molecule has 0 amide bonds. The van der Waals surface area contributed by atoms with Crippen LogP contribution in [-0.4, -0.2) is 54.2 Å². The molecule has 0 N–H and O–H groups in total. The van der Waals surface area contributed by atoms with Gasteiger partial charge in [-0.15, -0.1) is 0 Å². The van der Waals surface area contributed by atoms with Crippen LogP contribution in [-0.2, 0) is 25.4 Å². The minimum absolute atomic E-state index is 0.0188. The van der Waals surface area contributed by atoms with E-state index in [0.717, 1.165) is 13.1 Å². The van der Waals surface area contributed by atoms with Crippen LogP contribution in [0.1, 0.15) is 19.4 Å². The highest BCUT2D eigenvalue weighted by Crippen LogP contribution is 2.31. The first-order chi connectivity index (χ1) is 14.0. The van der Waals surface area contributed by atoms with Gasteiger partial charge in [0.05, 0.1) is 23.5 Å². The normalized spacial score (nSPS) is 12.3. The van der Waals surface area contributed by atoms with Gasteiger partial charge in [0.25, 0.3) is 0 Å². The van der Waals surface area contributed by atoms with Gasteiger partial charge in [-0.3, -0.25) is 0 Å². The highest BCUT2D eigenvalue weighted by Gasteiger charge is 2.23. The summed E-state index contributed by atoms with van der Waals surface area (Å²) in [6, 6.07) is 8.89. The minimum atomic E-state index is -3.81. The molecule has 0 radical (unpaired) electrons. The lowest BCUT2D eigenvalue weighted by Gasteiger charge is -2.18. The summed E-state index contributed by atoms with van der Waals surface area (Å²) < 4.78 is 57.3. The average Bonchev–Trinajstić information content (AvgIpc) is 2.68. The van der Waals surface area contributed by atoms with Gasteiger partial charge in [0.2, 0.25) is 0 Å². The fourth-order valence-electron chi connectivity index (χ4n) is 2.98. The number of rotatable bonds is 10. The van der Waals surface area contributed by atoms with Crippen molar-refractivity contribution in [2.75, 3.05) is 32.5 Å². The van der Waals surface area contributed by atoms with E-state index in [-0.39, 0.29) is 26.3 Å². The van der Waals surface area contributed by atoms with Crippen molar-refractivity contribution in [3.8, 4) is 5.75 Å². The van der Waals surface area contributed by atoms with E-state index in [1.807, 2.05) is 18.7 Å². The standard InChI is InChI=1S/C20H25BrClNO5S2/c1-4-23(5-2)8-9-29(24,25)18-11-15(10-17(22)13-18)14-30(26,27)20-12-16(21)6-7-19(20)28-3/h6-7,10-13H,4-5,8-9,14H2,1-3H3. The average molecular weight is 539 g/mol. The van der Waals surface area contributed by atoms with Crippen molar-refractivity contribution in [3.05, 3.63) is 51.5 Å². The summed E-state index contributed by atoms with van der Waals surface area (Å²) in [7, 11) is -6.03. The predicted octanol–water partition coefficient (Wildman–Crippen LogP) is 4.20. The van der Waals surface area contributed by atoms with Crippen LogP contribution in [0.25, 0.3) is 0 Å². The summed E-state index contributed by atoms with van der Waals surface area (Å²) >= 11 is 9.40. The van der Waals surface area contributed by atoms with Crippen LogP contribution in [0.2, 0.25) is 5.02 Å². The first-order valence-corrected chi connectivity index (χ1v) is 13.8. The summed E-state index contributed by atoms with van der Waals surface area (Å²) in [6.07, 6.45) is 0. The number of hydrogen-bond donors (Lipinski definition) is 0. The third-order valence-corrected chi connectivity index (χ3v) is 8.77. The molecule has 0 saturated heterocycles. The molecule has 6 nitrogen and oxygen atoms in total. The number of halogens is 2. The maximum absolute atomic E-state index is 13.0. The van der Waals surface area contributed by atoms with Gasteiger partial charge in [-0.25, -0.2) is 16.8 Å². The molecule has 2 aromatic carbocycles. The molecule has 0 fully saturated rings. The molecule has 0 aliphatic heterocycles. The number of nitrogens with zero attached hydrogens (tertiary/aromatic N) is 1. The van der Waals surface area contributed by atoms with Gasteiger partial charge < -0.3 is 9.64 Å². The van der Waals surface area contributed by atoms with Crippen molar-refractivity contribution in [3.63, 3.8) is 0 Å². The zero-order valence-corrected chi connectivity index (χ0v) is 21.0. The van der Waals surface area contributed by atoms with E-state index < -0.39 is 25.4 Å². The van der Waals surface area contributed by atoms with Crippen LogP contribution in [0.4, 0.5) is 0 Å². The first kappa shape index (κ1) is 25.1. The molecule has 30 heavy (non-hydrogen) atoms. The number of methoxy groups -OCH3 is 1. The Morgan fingerprint density at radius 2 is 1.67 bits per heavy atom. The Balaban J connectivity index is 2.36. The van der Waals surface area contributed by atoms with Crippen molar-refractivity contribution < 1.29 is 21.6 Å². The van der Waals surface area contributed by atoms with E-state index in [0.29, 0.717) is 16.6 Å². The summed E-state index contributed by atoms with van der Waals surface area (Å²) in [5.41, 5.74) is 0.297. The zero-order chi connectivity index (χ0) is 22.5. The second-order valence-electron chi connectivity index (χ2n) is 6.70. The van der Waals surface area contributed by atoms with Gasteiger partial charge in [0.1, 0.15) is 10.6 Å². The highest BCUT2D eigenvalue weighted by molar-refractivity contribution is 9.10. The molecule has 2 aromatic rings. The Morgan fingerprint density at radius 3 is 2.27 bits per heavy atom. The molecule has 0 unspecified atom stereocenters. The van der Waals surface area contributed by atoms with Crippen molar-refractivity contribution in [2.45, 2.75) is 29.4 Å². The van der Waals surface area contributed by atoms with Gasteiger partial charge in [-0.2, -0.15) is 0 Å². The van der Waals surface area contributed by atoms with Crippen molar-refractivity contribution in [1.82, 2.24) is 4.90 Å². The monoisotopic (exact) mass is 537 g/mol. The minimum Gasteiger partial charge on any atom is -0.495 e. The number of ether oxygens (including phenoxy) is 1. The van der Waals surface area contributed by atoms with Gasteiger partial charge >= 0.3 is 0 Å². The van der Waals surface area contributed by atoms with Crippen molar-refractivity contribution in [2.24, 2.45) is 0 Å². The summed E-state index contributed by atoms with van der Waals surface area (Å²) in [5, 5.41) is 0.172. The molecule has 0 saturated carbocycles. The quantitative estimate of drug-likeness (QED) is 0.451. The van der Waals surface area contributed by atoms with E-state index in [9.17, 15) is 16.8 Å². The van der Waals surface area contributed by atoms with Crippen LogP contribution in [0, 0.1) is 0 Å². The number of sulfone groups is 2. The van der Waals surface area contributed by atoms with E-state index >= 15 is 0 Å². The second kappa shape index (κ2) is 10.5. The summed E-state index contributed by atoms with van der Waals surface area (Å²) in [4.78, 5) is 2.05. The van der Waals surface area contributed by atoms with E-state index in [2.05, 4.69) is 15.9 Å². The number of benzene rings is 2. The molecule has 2 rings (SSSR count). The van der Waals surface area contributed by atoms with Crippen molar-refractivity contribution >= 4 is 47.2 Å². The zero-order valence-electron chi connectivity index (χ0n) is 17.1. The van der Waals surface area contributed by atoms with Gasteiger partial charge in [-0.05, 0) is 55.1 Å². The smallest absolute Gasteiger partial charge is 0.186 e. The van der Waals surface area contributed by atoms with E-state index in [4.69, 9.17) is 16.3 Å². The lowest BCUT2D eigenvalue weighted by Crippen LogP contribution is -2.29. The molecule has 0 aliphatic rings. The molecule has 10 heteroatoms. The lowest BCUT2D eigenvalue weighted by molar-refractivity contribution is 0.321. The molecular formula is C20H25BrClNO5S2. The van der Waals surface area contributed by atoms with Crippen LogP contribution in [0.15, 0.2) is 50.7 Å². The maximum Gasteiger partial charge on any atom is 0.186 e. The second-order valence-corrected chi connectivity index (χ2v) is 12.1. The van der Waals surface area contributed by atoms with Gasteiger partial charge in [0, 0.05) is 16.0 Å².